The van der Waals surface area contributed by atoms with Crippen molar-refractivity contribution in [1.29, 1.82) is 0 Å². The highest BCUT2D eigenvalue weighted by molar-refractivity contribution is 7.22. The molecular weight excluding hydrogens is 331 g/mol. The molecule has 0 radical (unpaired) electrons. The minimum absolute atomic E-state index is 0.0106. The molecule has 0 saturated carbocycles. The first-order valence-electron chi connectivity index (χ1n) is 6.93. The summed E-state index contributed by atoms with van der Waals surface area (Å²) in [6.07, 6.45) is -4.23. The lowest BCUT2D eigenvalue weighted by atomic mass is 10.3. The average molecular weight is 347 g/mol. The number of nitrogens with one attached hydrogen (secondary N) is 1. The molecule has 0 bridgehead atoms. The summed E-state index contributed by atoms with van der Waals surface area (Å²) in [6.45, 7) is -1.84. The smallest absolute Gasteiger partial charge is 0.396 e. The fourth-order valence-corrected chi connectivity index (χ4v) is 2.93. The summed E-state index contributed by atoms with van der Waals surface area (Å²) in [6, 6.07) is 7.29. The Bertz CT molecular complexity index is 627. The van der Waals surface area contributed by atoms with Crippen LogP contribution in [0.25, 0.3) is 10.2 Å². The van der Waals surface area contributed by atoms with Crippen LogP contribution in [0.1, 0.15) is 6.42 Å². The summed E-state index contributed by atoms with van der Waals surface area (Å²) in [5, 5.41) is 11.6. The van der Waals surface area contributed by atoms with Gasteiger partial charge in [-0.25, -0.2) is 4.98 Å². The van der Waals surface area contributed by atoms with Gasteiger partial charge < -0.3 is 10.4 Å². The first-order chi connectivity index (χ1) is 10.9. The van der Waals surface area contributed by atoms with E-state index in [4.69, 9.17) is 5.11 Å². The third-order valence-electron chi connectivity index (χ3n) is 2.94. The van der Waals surface area contributed by atoms with Crippen LogP contribution in [0.15, 0.2) is 24.3 Å². The van der Waals surface area contributed by atoms with Crippen LogP contribution >= 0.6 is 11.3 Å². The van der Waals surface area contributed by atoms with Crippen LogP contribution in [0.3, 0.4) is 0 Å². The van der Waals surface area contributed by atoms with Gasteiger partial charge in [0.1, 0.15) is 0 Å². The molecule has 0 aliphatic carbocycles. The Hall–Kier alpha value is -1.71. The van der Waals surface area contributed by atoms with E-state index < -0.39 is 25.2 Å². The number of fused-ring (bicyclic) bond motifs is 1. The number of carbonyl (C=O) groups excluding carboxylic acids is 1. The number of rotatable bonds is 7. The summed E-state index contributed by atoms with van der Waals surface area (Å²) in [5.74, 6) is -0.564. The number of benzene rings is 1. The van der Waals surface area contributed by atoms with Crippen molar-refractivity contribution < 1.29 is 23.1 Å². The summed E-state index contributed by atoms with van der Waals surface area (Å²) in [5.41, 5.74) is 0.722. The molecule has 0 unspecified atom stereocenters. The highest BCUT2D eigenvalue weighted by Gasteiger charge is 2.31. The zero-order chi connectivity index (χ0) is 16.9. The van der Waals surface area contributed by atoms with Gasteiger partial charge in [-0.15, -0.1) is 0 Å². The maximum absolute atomic E-state index is 12.5. The summed E-state index contributed by atoms with van der Waals surface area (Å²) >= 11 is 1.26. The fourth-order valence-electron chi connectivity index (χ4n) is 2.05. The Kier molecular flexibility index (Phi) is 5.91. The maximum Gasteiger partial charge on any atom is 0.401 e. The Labute approximate surface area is 134 Å². The number of nitrogens with zero attached hydrogens (tertiary/aromatic N) is 2. The van der Waals surface area contributed by atoms with Crippen LogP contribution in [0.4, 0.5) is 18.3 Å². The predicted octanol–water partition coefficient (Wildman–Crippen LogP) is 2.48. The van der Waals surface area contributed by atoms with Gasteiger partial charge in [0.2, 0.25) is 5.91 Å². The van der Waals surface area contributed by atoms with E-state index in [1.54, 1.807) is 6.07 Å². The molecule has 0 aliphatic rings. The molecule has 0 fully saturated rings. The number of thiazole rings is 1. The number of aliphatic hydroxyl groups excluding tert-OH is 1. The van der Waals surface area contributed by atoms with Crippen LogP contribution in [0, 0.1) is 0 Å². The van der Waals surface area contributed by atoms with Gasteiger partial charge in [-0.3, -0.25) is 9.69 Å². The molecule has 2 rings (SSSR count). The molecule has 0 saturated heterocycles. The largest absolute Gasteiger partial charge is 0.401 e. The van der Waals surface area contributed by atoms with Crippen LogP contribution < -0.4 is 5.32 Å². The second-order valence-electron chi connectivity index (χ2n) is 4.94. The van der Waals surface area contributed by atoms with Crippen molar-refractivity contribution in [1.82, 2.24) is 9.88 Å². The Morgan fingerprint density at radius 2 is 2.09 bits per heavy atom. The number of hydrogen-bond acceptors (Lipinski definition) is 5. The molecule has 23 heavy (non-hydrogen) atoms. The van der Waals surface area contributed by atoms with Gasteiger partial charge in [0.25, 0.3) is 0 Å². The molecule has 0 aliphatic heterocycles. The van der Waals surface area contributed by atoms with Gasteiger partial charge in [0, 0.05) is 13.2 Å². The van der Waals surface area contributed by atoms with E-state index in [1.807, 2.05) is 18.2 Å². The van der Waals surface area contributed by atoms with Gasteiger partial charge >= 0.3 is 6.18 Å². The number of alkyl halides is 3. The quantitative estimate of drug-likeness (QED) is 0.808. The molecule has 126 valence electrons. The van der Waals surface area contributed by atoms with E-state index >= 15 is 0 Å². The van der Waals surface area contributed by atoms with Crippen molar-refractivity contribution in [2.24, 2.45) is 0 Å². The van der Waals surface area contributed by atoms with Crippen molar-refractivity contribution in [3.05, 3.63) is 24.3 Å². The lowest BCUT2D eigenvalue weighted by Gasteiger charge is -2.22. The second-order valence-corrected chi connectivity index (χ2v) is 5.97. The SMILES string of the molecule is O=C(CN(CCCO)CC(F)(F)F)Nc1nc2ccccc2s1. The van der Waals surface area contributed by atoms with Crippen molar-refractivity contribution in [3.8, 4) is 0 Å². The topological polar surface area (TPSA) is 65.5 Å². The van der Waals surface area contributed by atoms with Gasteiger partial charge in [-0.1, -0.05) is 23.5 Å². The minimum Gasteiger partial charge on any atom is -0.396 e. The lowest BCUT2D eigenvalue weighted by Crippen LogP contribution is -2.40. The molecule has 2 N–H and O–H groups in total. The van der Waals surface area contributed by atoms with E-state index in [0.717, 1.165) is 15.1 Å². The molecule has 2 aromatic rings. The Morgan fingerprint density at radius 3 is 2.74 bits per heavy atom. The minimum atomic E-state index is -4.40. The summed E-state index contributed by atoms with van der Waals surface area (Å²) < 4.78 is 38.4. The first-order valence-corrected chi connectivity index (χ1v) is 7.74. The predicted molar refractivity (Wildman–Crippen MR) is 82.4 cm³/mol. The normalized spacial score (nSPS) is 12.0. The van der Waals surface area contributed by atoms with E-state index in [9.17, 15) is 18.0 Å². The molecule has 1 amide bonds. The zero-order valence-corrected chi connectivity index (χ0v) is 13.0. The van der Waals surface area contributed by atoms with Gasteiger partial charge in [0.15, 0.2) is 5.13 Å². The molecule has 1 aromatic carbocycles. The standard InChI is InChI=1S/C14H16F3N3O2S/c15-14(16,17)9-20(6-3-7-21)8-12(22)19-13-18-10-4-1-2-5-11(10)23-13/h1-2,4-5,21H,3,6-9H2,(H,18,19,22). The van der Waals surface area contributed by atoms with Gasteiger partial charge in [-0.2, -0.15) is 13.2 Å². The van der Waals surface area contributed by atoms with Crippen molar-refractivity contribution >= 4 is 32.6 Å². The third-order valence-corrected chi connectivity index (χ3v) is 3.89. The molecule has 1 heterocycles. The highest BCUT2D eigenvalue weighted by Crippen LogP contribution is 2.25. The van der Waals surface area contributed by atoms with E-state index in [-0.39, 0.29) is 19.6 Å². The summed E-state index contributed by atoms with van der Waals surface area (Å²) in [4.78, 5) is 17.1. The van der Waals surface area contributed by atoms with Crippen LogP contribution in [0.2, 0.25) is 0 Å². The van der Waals surface area contributed by atoms with Gasteiger partial charge in [-0.05, 0) is 18.6 Å². The Balaban J connectivity index is 1.97. The fraction of sp³-hybridized carbons (Fsp3) is 0.429. The number of amides is 1. The number of anilines is 1. The monoisotopic (exact) mass is 347 g/mol. The number of para-hydroxylation sites is 1. The number of hydrogen-bond donors (Lipinski definition) is 2. The van der Waals surface area contributed by atoms with Crippen LogP contribution in [-0.2, 0) is 4.79 Å². The van der Waals surface area contributed by atoms with Crippen molar-refractivity contribution in [2.75, 3.05) is 31.6 Å². The Morgan fingerprint density at radius 1 is 1.35 bits per heavy atom. The van der Waals surface area contributed by atoms with E-state index in [1.165, 1.54) is 11.3 Å². The second kappa shape index (κ2) is 7.71. The summed E-state index contributed by atoms with van der Waals surface area (Å²) in [7, 11) is 0. The first kappa shape index (κ1) is 17.6. The number of halogens is 3. The van der Waals surface area contributed by atoms with Crippen molar-refractivity contribution in [2.45, 2.75) is 12.6 Å². The van der Waals surface area contributed by atoms with Crippen LogP contribution in [0.5, 0.6) is 0 Å². The number of aromatic nitrogens is 1. The maximum atomic E-state index is 12.5. The van der Waals surface area contributed by atoms with Crippen molar-refractivity contribution in [3.63, 3.8) is 0 Å². The average Bonchev–Trinajstić information content (AvgIpc) is 2.84. The molecule has 1 aromatic heterocycles. The van der Waals surface area contributed by atoms with E-state index in [0.29, 0.717) is 5.13 Å². The van der Waals surface area contributed by atoms with E-state index in [2.05, 4.69) is 10.3 Å². The third kappa shape index (κ3) is 5.77. The lowest BCUT2D eigenvalue weighted by molar-refractivity contribution is -0.148. The molecule has 0 atom stereocenters. The van der Waals surface area contributed by atoms with Gasteiger partial charge in [0.05, 0.1) is 23.3 Å². The zero-order valence-electron chi connectivity index (χ0n) is 12.1. The molecular formula is C14H16F3N3O2S. The molecule has 0 spiro atoms. The molecule has 5 nitrogen and oxygen atoms in total. The highest BCUT2D eigenvalue weighted by atomic mass is 32.1. The number of carbonyl (C=O) groups is 1. The number of aliphatic hydroxyl groups is 1. The van der Waals surface area contributed by atoms with Crippen LogP contribution in [-0.4, -0.2) is 53.3 Å². The molecule has 9 heteroatoms.